The van der Waals surface area contributed by atoms with Crippen LogP contribution in [0.3, 0.4) is 0 Å². The molecule has 0 amide bonds. The first-order valence-electron chi connectivity index (χ1n) is 3.00. The Bertz CT molecular complexity index is 306. The number of aromatic nitrogens is 1. The Morgan fingerprint density at radius 1 is 1.23 bits per heavy atom. The molecule has 0 saturated carbocycles. The van der Waals surface area contributed by atoms with Crippen LogP contribution < -0.4 is 10.2 Å². The summed E-state index contributed by atoms with van der Waals surface area (Å²) in [5, 5.41) is 20.5. The quantitative estimate of drug-likeness (QED) is 0.527. The standard InChI is InChI=1S/C7H5NO4.Mn/c9-6(10)4-2-1-3-8-5(4)7(11)12;/h1-3H,(H,9,10)(H,11,12);/q;+2/p-2. The van der Waals surface area contributed by atoms with Gasteiger partial charge in [-0.05, 0) is 12.1 Å². The number of aromatic carboxylic acids is 2. The molecule has 1 aromatic rings. The maximum absolute atomic E-state index is 10.3. The number of hydrogen-bond acceptors (Lipinski definition) is 5. The zero-order valence-corrected chi connectivity index (χ0v) is 7.37. The first-order valence-corrected chi connectivity index (χ1v) is 3.00. The normalized spacial score (nSPS) is 8.62. The molecule has 0 spiro atoms. The van der Waals surface area contributed by atoms with Crippen molar-refractivity contribution in [1.82, 2.24) is 4.98 Å². The molecule has 0 aromatic carbocycles. The van der Waals surface area contributed by atoms with Gasteiger partial charge in [-0.15, -0.1) is 0 Å². The van der Waals surface area contributed by atoms with E-state index >= 15 is 0 Å². The summed E-state index contributed by atoms with van der Waals surface area (Å²) in [5.74, 6) is -3.21. The van der Waals surface area contributed by atoms with Gasteiger partial charge >= 0.3 is 17.1 Å². The monoisotopic (exact) mass is 220 g/mol. The van der Waals surface area contributed by atoms with Crippen molar-refractivity contribution in [1.29, 1.82) is 0 Å². The second-order valence-corrected chi connectivity index (χ2v) is 1.97. The van der Waals surface area contributed by atoms with Crippen molar-refractivity contribution in [2.45, 2.75) is 0 Å². The SMILES string of the molecule is O=C([O-])c1cccnc1C(=O)[O-].[Mn+2]. The van der Waals surface area contributed by atoms with E-state index in [9.17, 15) is 19.8 Å². The minimum Gasteiger partial charge on any atom is -0.545 e. The van der Waals surface area contributed by atoms with Crippen LogP contribution in [-0.2, 0) is 17.1 Å². The molecule has 5 nitrogen and oxygen atoms in total. The number of nitrogens with zero attached hydrogens (tertiary/aromatic N) is 1. The van der Waals surface area contributed by atoms with Crippen LogP contribution in [-0.4, -0.2) is 16.9 Å². The summed E-state index contributed by atoms with van der Waals surface area (Å²) in [6.45, 7) is 0. The van der Waals surface area contributed by atoms with Gasteiger partial charge in [-0.25, -0.2) is 0 Å². The third-order valence-corrected chi connectivity index (χ3v) is 1.22. The van der Waals surface area contributed by atoms with Crippen molar-refractivity contribution in [2.75, 3.05) is 0 Å². The van der Waals surface area contributed by atoms with E-state index in [-0.39, 0.29) is 17.1 Å². The fourth-order valence-electron chi connectivity index (χ4n) is 0.733. The zero-order chi connectivity index (χ0) is 9.14. The number of carbonyl (C=O) groups excluding carboxylic acids is 2. The summed E-state index contributed by atoms with van der Waals surface area (Å²) >= 11 is 0. The van der Waals surface area contributed by atoms with Crippen molar-refractivity contribution in [2.24, 2.45) is 0 Å². The molecule has 0 aliphatic heterocycles. The Hall–Kier alpha value is -1.39. The molecule has 0 aliphatic carbocycles. The summed E-state index contributed by atoms with van der Waals surface area (Å²) in [6, 6.07) is 2.39. The molecule has 0 bridgehead atoms. The molecular weight excluding hydrogens is 217 g/mol. The molecule has 1 rings (SSSR count). The molecule has 0 aliphatic rings. The van der Waals surface area contributed by atoms with Gasteiger partial charge in [-0.2, -0.15) is 0 Å². The van der Waals surface area contributed by atoms with Gasteiger partial charge in [0.25, 0.3) is 0 Å². The molecule has 0 atom stereocenters. The topological polar surface area (TPSA) is 93.2 Å². The fraction of sp³-hybridized carbons (Fsp3) is 0. The van der Waals surface area contributed by atoms with Gasteiger partial charge in [-0.1, -0.05) is 0 Å². The molecule has 0 unspecified atom stereocenters. The average molecular weight is 220 g/mol. The molecular formula is C7H3MnNO4. The van der Waals surface area contributed by atoms with E-state index in [4.69, 9.17) is 0 Å². The molecule has 0 N–H and O–H groups in total. The third kappa shape index (κ3) is 2.54. The Morgan fingerprint density at radius 2 is 1.85 bits per heavy atom. The maximum Gasteiger partial charge on any atom is 2.00 e. The van der Waals surface area contributed by atoms with Crippen LogP contribution in [0.2, 0.25) is 0 Å². The minimum absolute atomic E-state index is 0. The fourth-order valence-corrected chi connectivity index (χ4v) is 0.733. The summed E-state index contributed by atoms with van der Waals surface area (Å²) in [5.41, 5.74) is -1.09. The van der Waals surface area contributed by atoms with E-state index in [0.29, 0.717) is 0 Å². The number of pyridine rings is 1. The van der Waals surface area contributed by atoms with Gasteiger partial charge in [0.2, 0.25) is 0 Å². The Morgan fingerprint density at radius 3 is 2.23 bits per heavy atom. The van der Waals surface area contributed by atoms with Crippen LogP contribution in [0.5, 0.6) is 0 Å². The van der Waals surface area contributed by atoms with Crippen molar-refractivity contribution in [3.05, 3.63) is 29.6 Å². The summed E-state index contributed by atoms with van der Waals surface area (Å²) < 4.78 is 0. The van der Waals surface area contributed by atoms with Gasteiger partial charge in [-0.3, -0.25) is 4.98 Å². The molecule has 13 heavy (non-hydrogen) atoms. The van der Waals surface area contributed by atoms with E-state index in [1.807, 2.05) is 0 Å². The Kier molecular flexibility index (Phi) is 4.10. The number of hydrogen-bond donors (Lipinski definition) is 0. The van der Waals surface area contributed by atoms with Gasteiger partial charge < -0.3 is 19.8 Å². The second kappa shape index (κ2) is 4.59. The second-order valence-electron chi connectivity index (χ2n) is 1.97. The Labute approximate surface area is 83.9 Å². The van der Waals surface area contributed by atoms with Crippen LogP contribution in [0.4, 0.5) is 0 Å². The number of carbonyl (C=O) groups is 2. The first kappa shape index (κ1) is 11.6. The molecule has 1 heterocycles. The summed E-state index contributed by atoms with van der Waals surface area (Å²) in [6.07, 6.45) is 1.16. The number of carboxylic acid groups (broad SMARTS) is 2. The molecule has 6 heteroatoms. The van der Waals surface area contributed by atoms with Crippen LogP contribution in [0.1, 0.15) is 20.8 Å². The van der Waals surface area contributed by atoms with Crippen molar-refractivity contribution in [3.63, 3.8) is 0 Å². The Balaban J connectivity index is 0.00000144. The molecule has 0 fully saturated rings. The van der Waals surface area contributed by atoms with E-state index in [1.165, 1.54) is 6.07 Å². The summed E-state index contributed by atoms with van der Waals surface area (Å²) in [4.78, 5) is 23.9. The molecule has 0 saturated heterocycles. The van der Waals surface area contributed by atoms with E-state index in [2.05, 4.69) is 4.98 Å². The smallest absolute Gasteiger partial charge is 0.545 e. The minimum atomic E-state index is -1.63. The van der Waals surface area contributed by atoms with Crippen molar-refractivity contribution < 1.29 is 36.9 Å². The van der Waals surface area contributed by atoms with Gasteiger partial charge in [0.05, 0.1) is 17.6 Å². The van der Waals surface area contributed by atoms with Gasteiger partial charge in [0, 0.05) is 11.8 Å². The van der Waals surface area contributed by atoms with Crippen LogP contribution in [0.15, 0.2) is 18.3 Å². The van der Waals surface area contributed by atoms with Crippen molar-refractivity contribution >= 4 is 11.9 Å². The number of rotatable bonds is 2. The molecule has 67 valence electrons. The summed E-state index contributed by atoms with van der Waals surface area (Å²) in [7, 11) is 0. The van der Waals surface area contributed by atoms with Crippen LogP contribution in [0, 0.1) is 0 Å². The maximum atomic E-state index is 10.3. The van der Waals surface area contributed by atoms with Crippen LogP contribution >= 0.6 is 0 Å². The third-order valence-electron chi connectivity index (χ3n) is 1.22. The van der Waals surface area contributed by atoms with Gasteiger partial charge in [0.1, 0.15) is 0 Å². The predicted octanol–water partition coefficient (Wildman–Crippen LogP) is -2.19. The van der Waals surface area contributed by atoms with E-state index in [0.717, 1.165) is 12.3 Å². The molecule has 1 radical (unpaired) electrons. The van der Waals surface area contributed by atoms with E-state index < -0.39 is 23.2 Å². The first-order chi connectivity index (χ1) is 5.63. The number of carboxylic acids is 2. The van der Waals surface area contributed by atoms with Crippen molar-refractivity contribution in [3.8, 4) is 0 Å². The average Bonchev–Trinajstić information content (AvgIpc) is 2.04. The largest absolute Gasteiger partial charge is 2.00 e. The van der Waals surface area contributed by atoms with Crippen LogP contribution in [0.25, 0.3) is 0 Å². The van der Waals surface area contributed by atoms with E-state index in [1.54, 1.807) is 0 Å². The molecule has 1 aromatic heterocycles. The predicted molar refractivity (Wildman–Crippen MR) is 32.9 cm³/mol. The zero-order valence-electron chi connectivity index (χ0n) is 6.19. The van der Waals surface area contributed by atoms with Gasteiger partial charge in [0.15, 0.2) is 0 Å².